The van der Waals surface area contributed by atoms with Crippen LogP contribution < -0.4 is 19.5 Å². The van der Waals surface area contributed by atoms with E-state index in [1.165, 1.54) is 0 Å². The monoisotopic (exact) mass is 448 g/mol. The number of nitrogens with one attached hydrogen (secondary N) is 2. The zero-order valence-corrected chi connectivity index (χ0v) is 19.2. The number of amides is 1. The van der Waals surface area contributed by atoms with Gasteiger partial charge >= 0.3 is 0 Å². The van der Waals surface area contributed by atoms with Crippen LogP contribution in [0.15, 0.2) is 59.1 Å². The van der Waals surface area contributed by atoms with Gasteiger partial charge in [0.15, 0.2) is 11.5 Å². The zero-order valence-electron chi connectivity index (χ0n) is 19.2. The number of fused-ring (bicyclic) bond motifs is 1. The summed E-state index contributed by atoms with van der Waals surface area (Å²) in [4.78, 5) is 16.3. The molecule has 0 saturated heterocycles. The van der Waals surface area contributed by atoms with Gasteiger partial charge in [-0.15, -0.1) is 0 Å². The predicted molar refractivity (Wildman–Crippen MR) is 126 cm³/mol. The van der Waals surface area contributed by atoms with Crippen molar-refractivity contribution in [1.82, 2.24) is 10.3 Å². The maximum absolute atomic E-state index is 13.0. The number of aromatic amines is 1. The largest absolute Gasteiger partial charge is 0.496 e. The van der Waals surface area contributed by atoms with E-state index in [0.29, 0.717) is 18.0 Å². The second-order valence-corrected chi connectivity index (χ2v) is 7.79. The van der Waals surface area contributed by atoms with E-state index in [4.69, 9.17) is 18.6 Å². The van der Waals surface area contributed by atoms with E-state index in [9.17, 15) is 4.79 Å². The summed E-state index contributed by atoms with van der Waals surface area (Å²) >= 11 is 0. The van der Waals surface area contributed by atoms with Gasteiger partial charge in [0, 0.05) is 29.4 Å². The number of methoxy groups -OCH3 is 3. The van der Waals surface area contributed by atoms with Crippen molar-refractivity contribution in [1.29, 1.82) is 0 Å². The molecule has 0 fully saturated rings. The maximum atomic E-state index is 13.0. The van der Waals surface area contributed by atoms with E-state index in [1.807, 2.05) is 61.7 Å². The Morgan fingerprint density at radius 1 is 1.00 bits per heavy atom. The van der Waals surface area contributed by atoms with Crippen molar-refractivity contribution >= 4 is 16.8 Å². The number of hydrogen-bond acceptors (Lipinski definition) is 5. The molecule has 0 bridgehead atoms. The van der Waals surface area contributed by atoms with Crippen LogP contribution in [0, 0.1) is 6.92 Å². The molecular formula is C26H28N2O5. The van der Waals surface area contributed by atoms with Gasteiger partial charge in [0.1, 0.15) is 17.3 Å². The third kappa shape index (κ3) is 4.67. The van der Waals surface area contributed by atoms with Crippen molar-refractivity contribution < 1.29 is 23.4 Å². The molecule has 0 aliphatic rings. The van der Waals surface area contributed by atoms with Crippen molar-refractivity contribution in [2.24, 2.45) is 0 Å². The lowest BCUT2D eigenvalue weighted by Gasteiger charge is -2.19. The average molecular weight is 449 g/mol. The van der Waals surface area contributed by atoms with Crippen LogP contribution >= 0.6 is 0 Å². The third-order valence-corrected chi connectivity index (χ3v) is 5.75. The Morgan fingerprint density at radius 2 is 1.79 bits per heavy atom. The fraction of sp³-hybridized carbons (Fsp3) is 0.269. The van der Waals surface area contributed by atoms with Crippen LogP contribution in [-0.4, -0.2) is 32.2 Å². The van der Waals surface area contributed by atoms with Crippen LogP contribution in [0.5, 0.6) is 17.2 Å². The van der Waals surface area contributed by atoms with Gasteiger partial charge in [-0.05, 0) is 54.4 Å². The van der Waals surface area contributed by atoms with Crippen LogP contribution in [0.4, 0.5) is 0 Å². The molecule has 0 radical (unpaired) electrons. The summed E-state index contributed by atoms with van der Waals surface area (Å²) in [5.41, 5.74) is 2.85. The smallest absolute Gasteiger partial charge is 0.221 e. The number of aryl methyl sites for hydroxylation is 1. The molecule has 33 heavy (non-hydrogen) atoms. The van der Waals surface area contributed by atoms with Gasteiger partial charge in [0.05, 0.1) is 27.9 Å². The molecule has 0 aliphatic heterocycles. The first-order chi connectivity index (χ1) is 16.0. The highest BCUT2D eigenvalue weighted by Crippen LogP contribution is 2.40. The second-order valence-electron chi connectivity index (χ2n) is 7.79. The number of carbonyl (C=O) groups is 1. The lowest BCUT2D eigenvalue weighted by Crippen LogP contribution is -2.24. The summed E-state index contributed by atoms with van der Waals surface area (Å²) in [6.07, 6.45) is 2.18. The van der Waals surface area contributed by atoms with Crippen molar-refractivity contribution in [3.05, 3.63) is 77.4 Å². The number of aromatic nitrogens is 1. The van der Waals surface area contributed by atoms with Crippen LogP contribution in [0.25, 0.3) is 10.9 Å². The Balaban J connectivity index is 1.71. The lowest BCUT2D eigenvalue weighted by molar-refractivity contribution is -0.121. The molecule has 0 saturated carbocycles. The van der Waals surface area contributed by atoms with E-state index >= 15 is 0 Å². The molecule has 1 unspecified atom stereocenters. The number of ether oxygens (including phenoxy) is 3. The first-order valence-electron chi connectivity index (χ1n) is 10.7. The van der Waals surface area contributed by atoms with Crippen molar-refractivity contribution in [3.8, 4) is 17.2 Å². The van der Waals surface area contributed by atoms with Gasteiger partial charge in [0.25, 0.3) is 0 Å². The molecule has 0 aliphatic carbocycles. The van der Waals surface area contributed by atoms with Gasteiger partial charge in [-0.25, -0.2) is 0 Å². The van der Waals surface area contributed by atoms with E-state index in [0.717, 1.165) is 39.3 Å². The first-order valence-corrected chi connectivity index (χ1v) is 10.7. The van der Waals surface area contributed by atoms with Gasteiger partial charge in [-0.2, -0.15) is 0 Å². The predicted octanol–water partition coefficient (Wildman–Crippen LogP) is 4.93. The summed E-state index contributed by atoms with van der Waals surface area (Å²) in [7, 11) is 4.85. The Bertz CT molecular complexity index is 1260. The summed E-state index contributed by atoms with van der Waals surface area (Å²) < 4.78 is 22.1. The maximum Gasteiger partial charge on any atom is 0.221 e. The van der Waals surface area contributed by atoms with Crippen LogP contribution in [-0.2, 0) is 11.3 Å². The lowest BCUT2D eigenvalue weighted by atomic mass is 9.87. The molecule has 4 aromatic rings. The van der Waals surface area contributed by atoms with E-state index < -0.39 is 0 Å². The highest BCUT2D eigenvalue weighted by molar-refractivity contribution is 5.91. The molecule has 2 heterocycles. The van der Waals surface area contributed by atoms with Gasteiger partial charge < -0.3 is 28.9 Å². The summed E-state index contributed by atoms with van der Waals surface area (Å²) in [5, 5.41) is 3.93. The van der Waals surface area contributed by atoms with E-state index in [-0.39, 0.29) is 18.2 Å². The topological polar surface area (TPSA) is 85.7 Å². The van der Waals surface area contributed by atoms with Crippen LogP contribution in [0.3, 0.4) is 0 Å². The van der Waals surface area contributed by atoms with Gasteiger partial charge in [-0.1, -0.05) is 12.1 Å². The van der Waals surface area contributed by atoms with Gasteiger partial charge in [0.2, 0.25) is 5.91 Å². The molecule has 7 nitrogen and oxygen atoms in total. The van der Waals surface area contributed by atoms with Crippen molar-refractivity contribution in [3.63, 3.8) is 0 Å². The second kappa shape index (κ2) is 9.73. The minimum absolute atomic E-state index is 0.0897. The Labute approximate surface area is 192 Å². The number of H-pyrrole nitrogens is 1. The molecule has 2 N–H and O–H groups in total. The summed E-state index contributed by atoms with van der Waals surface area (Å²) in [6.45, 7) is 2.21. The van der Waals surface area contributed by atoms with Gasteiger partial charge in [-0.3, -0.25) is 4.79 Å². The third-order valence-electron chi connectivity index (χ3n) is 5.75. The highest BCUT2D eigenvalue weighted by Gasteiger charge is 2.24. The Morgan fingerprint density at radius 3 is 2.48 bits per heavy atom. The number of rotatable bonds is 9. The molecule has 1 amide bonds. The number of hydrogen-bond donors (Lipinski definition) is 2. The minimum Gasteiger partial charge on any atom is -0.496 e. The highest BCUT2D eigenvalue weighted by atomic mass is 16.5. The Kier molecular flexibility index (Phi) is 6.58. The quantitative estimate of drug-likeness (QED) is 0.379. The normalized spacial score (nSPS) is 11.9. The van der Waals surface area contributed by atoms with Crippen molar-refractivity contribution in [2.45, 2.75) is 25.8 Å². The fourth-order valence-corrected chi connectivity index (χ4v) is 4.12. The molecule has 172 valence electrons. The fourth-order valence-electron chi connectivity index (χ4n) is 4.12. The molecule has 2 aromatic carbocycles. The molecule has 4 rings (SSSR count). The van der Waals surface area contributed by atoms with E-state index in [2.05, 4.69) is 10.3 Å². The first kappa shape index (κ1) is 22.3. The number of furan rings is 1. The van der Waals surface area contributed by atoms with Crippen molar-refractivity contribution in [2.75, 3.05) is 21.3 Å². The van der Waals surface area contributed by atoms with E-state index in [1.54, 1.807) is 21.3 Å². The summed E-state index contributed by atoms with van der Waals surface area (Å²) in [5.74, 6) is 3.19. The Hall–Kier alpha value is -3.87. The minimum atomic E-state index is -0.242. The van der Waals surface area contributed by atoms with Crippen LogP contribution in [0.1, 0.15) is 35.0 Å². The average Bonchev–Trinajstić information content (AvgIpc) is 3.46. The van der Waals surface area contributed by atoms with Crippen LogP contribution in [0.2, 0.25) is 0 Å². The zero-order chi connectivity index (χ0) is 23.4. The number of carbonyl (C=O) groups excluding carboxylic acids is 1. The summed E-state index contributed by atoms with van der Waals surface area (Å²) in [6, 6.07) is 15.3. The number of benzene rings is 2. The molecule has 0 spiro atoms. The molecule has 7 heteroatoms. The SMILES string of the molecule is COc1ccc(C(CC(=O)NCc2ccc(C)o2)c2c[nH]c3cccc(OC)c23)cc1OC. The molecule has 2 aromatic heterocycles. The molecular weight excluding hydrogens is 420 g/mol. The molecule has 1 atom stereocenters. The standard InChI is InChI=1S/C26H28N2O5/c1-16-8-10-18(33-16)14-28-25(29)13-19(17-9-11-22(30-2)24(12-17)32-4)20-15-27-21-6-5-7-23(31-3)26(20)21/h5-12,15,19,27H,13-14H2,1-4H3,(H,28,29).